The molecule has 0 fully saturated rings. The molecule has 2 aromatic carbocycles. The van der Waals surface area contributed by atoms with Crippen molar-refractivity contribution >= 4 is 16.8 Å². The number of carbonyl (C=O) groups excluding carboxylic acids is 1. The van der Waals surface area contributed by atoms with Gasteiger partial charge in [-0.15, -0.1) is 0 Å². The van der Waals surface area contributed by atoms with Gasteiger partial charge in [-0.2, -0.15) is 0 Å². The molecule has 1 N–H and O–H groups in total. The molecule has 1 heterocycles. The van der Waals surface area contributed by atoms with E-state index in [0.29, 0.717) is 23.4 Å². The molecule has 0 aliphatic rings. The van der Waals surface area contributed by atoms with Crippen molar-refractivity contribution in [2.24, 2.45) is 0 Å². The maximum atomic E-state index is 12.8. The number of aryl methyl sites for hydroxylation is 1. The molecule has 3 rings (SSSR count). The van der Waals surface area contributed by atoms with Crippen molar-refractivity contribution < 1.29 is 9.53 Å². The number of rotatable bonds is 5. The van der Waals surface area contributed by atoms with Gasteiger partial charge in [-0.25, -0.2) is 0 Å². The molecular formula is C21H22N2O3. The molecule has 0 bridgehead atoms. The minimum Gasteiger partial charge on any atom is -0.497 e. The van der Waals surface area contributed by atoms with Crippen molar-refractivity contribution in [2.75, 3.05) is 13.7 Å². The Kier molecular flexibility index (Phi) is 5.07. The van der Waals surface area contributed by atoms with Gasteiger partial charge < -0.3 is 14.6 Å². The zero-order valence-electron chi connectivity index (χ0n) is 15.2. The summed E-state index contributed by atoms with van der Waals surface area (Å²) in [5, 5.41) is 0.965. The number of fused-ring (bicyclic) bond motifs is 1. The molecule has 1 amide bonds. The van der Waals surface area contributed by atoms with Gasteiger partial charge in [-0.3, -0.25) is 9.59 Å². The molecule has 26 heavy (non-hydrogen) atoms. The highest BCUT2D eigenvalue weighted by molar-refractivity contribution is 5.94. The summed E-state index contributed by atoms with van der Waals surface area (Å²) in [5.41, 5.74) is 2.85. The molecule has 5 heteroatoms. The third kappa shape index (κ3) is 3.47. The third-order valence-electron chi connectivity index (χ3n) is 4.53. The van der Waals surface area contributed by atoms with E-state index in [1.165, 1.54) is 0 Å². The van der Waals surface area contributed by atoms with Crippen LogP contribution in [0.4, 0.5) is 0 Å². The quantitative estimate of drug-likeness (QED) is 0.766. The molecule has 0 spiro atoms. The van der Waals surface area contributed by atoms with Gasteiger partial charge in [0.05, 0.1) is 19.2 Å². The second kappa shape index (κ2) is 7.44. The van der Waals surface area contributed by atoms with E-state index in [9.17, 15) is 9.59 Å². The van der Waals surface area contributed by atoms with Crippen LogP contribution in [0.1, 0.15) is 28.4 Å². The Balaban J connectivity index is 1.89. The zero-order valence-corrected chi connectivity index (χ0v) is 15.2. The van der Waals surface area contributed by atoms with Crippen LogP contribution in [-0.2, 0) is 6.54 Å². The summed E-state index contributed by atoms with van der Waals surface area (Å²) in [7, 11) is 1.59. The summed E-state index contributed by atoms with van der Waals surface area (Å²) in [6.07, 6.45) is 0. The summed E-state index contributed by atoms with van der Waals surface area (Å²) in [6.45, 7) is 4.64. The molecule has 3 aromatic rings. The number of para-hydroxylation sites is 1. The molecule has 1 aromatic heterocycles. The summed E-state index contributed by atoms with van der Waals surface area (Å²) >= 11 is 0. The Morgan fingerprint density at radius 2 is 1.88 bits per heavy atom. The minimum atomic E-state index is -0.159. The van der Waals surface area contributed by atoms with Crippen LogP contribution in [0.15, 0.2) is 53.3 Å². The van der Waals surface area contributed by atoms with E-state index in [0.717, 1.165) is 16.5 Å². The highest BCUT2D eigenvalue weighted by Gasteiger charge is 2.16. The molecule has 5 nitrogen and oxygen atoms in total. The SMILES string of the molecule is CCN(Cc1cc2cccc(C)c2[nH]c1=O)C(=O)c1ccc(OC)cc1. The highest BCUT2D eigenvalue weighted by Crippen LogP contribution is 2.17. The Morgan fingerprint density at radius 3 is 2.54 bits per heavy atom. The first kappa shape index (κ1) is 17.7. The lowest BCUT2D eigenvalue weighted by molar-refractivity contribution is 0.0752. The monoisotopic (exact) mass is 350 g/mol. The van der Waals surface area contributed by atoms with Crippen molar-refractivity contribution in [3.8, 4) is 5.75 Å². The standard InChI is InChI=1S/C21H22N2O3/c1-4-23(21(25)15-8-10-18(26-3)11-9-15)13-17-12-16-7-5-6-14(2)19(16)22-20(17)24/h5-12H,4,13H2,1-3H3,(H,22,24). The first-order valence-electron chi connectivity index (χ1n) is 8.58. The van der Waals surface area contributed by atoms with Crippen LogP contribution in [-0.4, -0.2) is 29.4 Å². The number of ether oxygens (including phenoxy) is 1. The Bertz CT molecular complexity index is 990. The van der Waals surface area contributed by atoms with Crippen molar-refractivity contribution in [1.82, 2.24) is 9.88 Å². The molecule has 0 aliphatic heterocycles. The lowest BCUT2D eigenvalue weighted by atomic mass is 10.1. The molecule has 0 atom stereocenters. The highest BCUT2D eigenvalue weighted by atomic mass is 16.5. The number of pyridine rings is 1. The number of benzene rings is 2. The smallest absolute Gasteiger partial charge is 0.254 e. The topological polar surface area (TPSA) is 62.4 Å². The molecule has 0 saturated heterocycles. The van der Waals surface area contributed by atoms with E-state index < -0.39 is 0 Å². The van der Waals surface area contributed by atoms with Gasteiger partial charge in [-0.05, 0) is 55.1 Å². The summed E-state index contributed by atoms with van der Waals surface area (Å²) < 4.78 is 5.13. The van der Waals surface area contributed by atoms with E-state index in [1.54, 1.807) is 36.3 Å². The van der Waals surface area contributed by atoms with Gasteiger partial charge in [0.1, 0.15) is 5.75 Å². The fraction of sp³-hybridized carbons (Fsp3) is 0.238. The number of nitrogens with one attached hydrogen (secondary N) is 1. The van der Waals surface area contributed by atoms with Crippen LogP contribution in [0.25, 0.3) is 10.9 Å². The van der Waals surface area contributed by atoms with Crippen LogP contribution in [0, 0.1) is 6.92 Å². The maximum absolute atomic E-state index is 12.8. The van der Waals surface area contributed by atoms with Gasteiger partial charge in [0.25, 0.3) is 11.5 Å². The normalized spacial score (nSPS) is 10.7. The molecule has 0 unspecified atom stereocenters. The maximum Gasteiger partial charge on any atom is 0.254 e. The van der Waals surface area contributed by atoms with Crippen molar-refractivity contribution in [1.29, 1.82) is 0 Å². The number of aromatic amines is 1. The number of hydrogen-bond acceptors (Lipinski definition) is 3. The lowest BCUT2D eigenvalue weighted by Gasteiger charge is -2.21. The summed E-state index contributed by atoms with van der Waals surface area (Å²) in [6, 6.07) is 14.7. The van der Waals surface area contributed by atoms with Crippen LogP contribution >= 0.6 is 0 Å². The van der Waals surface area contributed by atoms with Crippen LogP contribution in [0.2, 0.25) is 0 Å². The number of nitrogens with zero attached hydrogens (tertiary/aromatic N) is 1. The van der Waals surface area contributed by atoms with E-state index in [1.807, 2.05) is 38.1 Å². The van der Waals surface area contributed by atoms with Gasteiger partial charge in [-0.1, -0.05) is 18.2 Å². The van der Waals surface area contributed by atoms with E-state index in [4.69, 9.17) is 4.74 Å². The molecule has 0 aliphatic carbocycles. The number of methoxy groups -OCH3 is 1. The summed E-state index contributed by atoms with van der Waals surface area (Å²) in [5.74, 6) is 0.588. The Hall–Kier alpha value is -3.08. The Labute approximate surface area is 152 Å². The molecule has 0 saturated carbocycles. The van der Waals surface area contributed by atoms with Crippen LogP contribution < -0.4 is 10.3 Å². The predicted octanol–water partition coefficient (Wildman–Crippen LogP) is 3.51. The van der Waals surface area contributed by atoms with Crippen molar-refractivity contribution in [2.45, 2.75) is 20.4 Å². The van der Waals surface area contributed by atoms with Crippen LogP contribution in [0.3, 0.4) is 0 Å². The largest absolute Gasteiger partial charge is 0.497 e. The third-order valence-corrected chi connectivity index (χ3v) is 4.53. The first-order chi connectivity index (χ1) is 12.5. The number of amides is 1. The van der Waals surface area contributed by atoms with Crippen LogP contribution in [0.5, 0.6) is 5.75 Å². The predicted molar refractivity (Wildman–Crippen MR) is 103 cm³/mol. The number of aromatic nitrogens is 1. The van der Waals surface area contributed by atoms with E-state index >= 15 is 0 Å². The minimum absolute atomic E-state index is 0.112. The van der Waals surface area contributed by atoms with Gasteiger partial charge >= 0.3 is 0 Å². The van der Waals surface area contributed by atoms with E-state index in [2.05, 4.69) is 4.98 Å². The lowest BCUT2D eigenvalue weighted by Crippen LogP contribution is -2.32. The van der Waals surface area contributed by atoms with Gasteiger partial charge in [0, 0.05) is 17.7 Å². The fourth-order valence-corrected chi connectivity index (χ4v) is 3.00. The molecular weight excluding hydrogens is 328 g/mol. The fourth-order valence-electron chi connectivity index (χ4n) is 3.00. The average Bonchev–Trinajstić information content (AvgIpc) is 2.66. The average molecular weight is 350 g/mol. The van der Waals surface area contributed by atoms with Gasteiger partial charge in [0.15, 0.2) is 0 Å². The second-order valence-electron chi connectivity index (χ2n) is 6.21. The van der Waals surface area contributed by atoms with Gasteiger partial charge in [0.2, 0.25) is 0 Å². The van der Waals surface area contributed by atoms with E-state index in [-0.39, 0.29) is 18.0 Å². The second-order valence-corrected chi connectivity index (χ2v) is 6.21. The number of H-pyrrole nitrogens is 1. The molecule has 0 radical (unpaired) electrons. The first-order valence-corrected chi connectivity index (χ1v) is 8.58. The number of hydrogen-bond donors (Lipinski definition) is 1. The molecule has 134 valence electrons. The Morgan fingerprint density at radius 1 is 1.15 bits per heavy atom. The zero-order chi connectivity index (χ0) is 18.7. The van der Waals surface area contributed by atoms with Crippen molar-refractivity contribution in [3.05, 3.63) is 75.6 Å². The summed E-state index contributed by atoms with van der Waals surface area (Å²) in [4.78, 5) is 29.9. The number of carbonyl (C=O) groups is 1. The van der Waals surface area contributed by atoms with Crippen molar-refractivity contribution in [3.63, 3.8) is 0 Å².